The van der Waals surface area contributed by atoms with E-state index in [1.807, 2.05) is 0 Å². The first-order valence-corrected chi connectivity index (χ1v) is 8.00. The smallest absolute Gasteiger partial charge is 0.335 e. The molecule has 0 aromatic heterocycles. The first-order chi connectivity index (χ1) is 9.71. The first-order valence-electron chi connectivity index (χ1n) is 6.32. The average molecular weight is 315 g/mol. The predicted molar refractivity (Wildman–Crippen MR) is 75.8 cm³/mol. The van der Waals surface area contributed by atoms with E-state index in [2.05, 4.69) is 0 Å². The van der Waals surface area contributed by atoms with Crippen LogP contribution in [0.2, 0.25) is 0 Å². The zero-order valence-corrected chi connectivity index (χ0v) is 12.1. The summed E-state index contributed by atoms with van der Waals surface area (Å²) in [4.78, 5) is 41.1. The zero-order chi connectivity index (χ0) is 16.0. The number of benzene rings is 1. The van der Waals surface area contributed by atoms with Crippen LogP contribution in [0.15, 0.2) is 30.3 Å². The number of carbonyl (C=O) groups is 2. The van der Waals surface area contributed by atoms with Crippen molar-refractivity contribution < 1.29 is 29.0 Å². The van der Waals surface area contributed by atoms with Crippen LogP contribution in [0.4, 0.5) is 0 Å². The molecule has 0 saturated carbocycles. The van der Waals surface area contributed by atoms with Crippen LogP contribution in [0, 0.1) is 0 Å². The maximum absolute atomic E-state index is 11.9. The molecule has 21 heavy (non-hydrogen) atoms. The third kappa shape index (κ3) is 5.77. The van der Waals surface area contributed by atoms with Crippen molar-refractivity contribution in [1.82, 2.24) is 0 Å². The summed E-state index contributed by atoms with van der Waals surface area (Å²) in [6.45, 7) is 0. The van der Waals surface area contributed by atoms with Gasteiger partial charge in [0.05, 0.1) is 0 Å². The molecule has 0 spiro atoms. The van der Waals surface area contributed by atoms with Gasteiger partial charge in [-0.3, -0.25) is 14.2 Å². The molecule has 0 fully saturated rings. The van der Waals surface area contributed by atoms with Crippen molar-refractivity contribution in [3.63, 3.8) is 0 Å². The second-order valence-electron chi connectivity index (χ2n) is 4.74. The molecule has 1 unspecified atom stereocenters. The molecule has 116 valence electrons. The lowest BCUT2D eigenvalue weighted by molar-refractivity contribution is -0.140. The van der Waals surface area contributed by atoms with Gasteiger partial charge in [-0.2, -0.15) is 0 Å². The Labute approximate surface area is 121 Å². The van der Waals surface area contributed by atoms with Gasteiger partial charge in [-0.05, 0) is 18.4 Å². The SMILES string of the molecule is N[C@@H](CC(=O)C(CCc1ccccc1)P(=O)(O)O)C(=O)O. The minimum atomic E-state index is -4.65. The summed E-state index contributed by atoms with van der Waals surface area (Å²) in [6.07, 6.45) is -0.343. The van der Waals surface area contributed by atoms with Crippen molar-refractivity contribution in [3.8, 4) is 0 Å². The van der Waals surface area contributed by atoms with E-state index in [1.54, 1.807) is 30.3 Å². The Bertz CT molecular complexity index is 541. The summed E-state index contributed by atoms with van der Waals surface area (Å²) in [5, 5.41) is 8.65. The maximum Gasteiger partial charge on any atom is 0.335 e. The fourth-order valence-electron chi connectivity index (χ4n) is 1.90. The molecule has 1 aromatic rings. The molecule has 0 aliphatic rings. The van der Waals surface area contributed by atoms with Crippen LogP contribution in [0.5, 0.6) is 0 Å². The van der Waals surface area contributed by atoms with Crippen molar-refractivity contribution >= 4 is 19.3 Å². The molecule has 7 nitrogen and oxygen atoms in total. The van der Waals surface area contributed by atoms with Gasteiger partial charge in [-0.25, -0.2) is 0 Å². The van der Waals surface area contributed by atoms with Crippen LogP contribution in [0.25, 0.3) is 0 Å². The van der Waals surface area contributed by atoms with Gasteiger partial charge in [0.15, 0.2) is 0 Å². The van der Waals surface area contributed by atoms with E-state index < -0.39 is 37.5 Å². The Morgan fingerprint density at radius 3 is 2.24 bits per heavy atom. The largest absolute Gasteiger partial charge is 0.480 e. The molecule has 0 aliphatic carbocycles. The highest BCUT2D eigenvalue weighted by Gasteiger charge is 2.36. The highest BCUT2D eigenvalue weighted by molar-refractivity contribution is 7.53. The van der Waals surface area contributed by atoms with Crippen LogP contribution in [-0.4, -0.2) is 38.3 Å². The lowest BCUT2D eigenvalue weighted by atomic mass is 10.0. The van der Waals surface area contributed by atoms with E-state index >= 15 is 0 Å². The Kier molecular flexibility index (Phi) is 6.23. The fraction of sp³-hybridized carbons (Fsp3) is 0.385. The molecule has 2 atom stereocenters. The minimum Gasteiger partial charge on any atom is -0.480 e. The highest BCUT2D eigenvalue weighted by Crippen LogP contribution is 2.44. The van der Waals surface area contributed by atoms with E-state index in [-0.39, 0.29) is 6.42 Å². The Morgan fingerprint density at radius 2 is 1.76 bits per heavy atom. The van der Waals surface area contributed by atoms with Gasteiger partial charge in [0.1, 0.15) is 17.5 Å². The second kappa shape index (κ2) is 7.47. The zero-order valence-electron chi connectivity index (χ0n) is 11.3. The molecule has 0 aliphatic heterocycles. The van der Waals surface area contributed by atoms with Gasteiger partial charge < -0.3 is 20.6 Å². The first kappa shape index (κ1) is 17.5. The molecule has 0 saturated heterocycles. The number of carboxylic acid groups (broad SMARTS) is 1. The van der Waals surface area contributed by atoms with Gasteiger partial charge in [0.25, 0.3) is 0 Å². The molecular formula is C13H18NO6P. The number of hydrogen-bond donors (Lipinski definition) is 4. The number of ketones is 1. The van der Waals surface area contributed by atoms with Crippen LogP contribution in [0.3, 0.4) is 0 Å². The monoisotopic (exact) mass is 315 g/mol. The van der Waals surface area contributed by atoms with Gasteiger partial charge in [-0.1, -0.05) is 30.3 Å². The normalized spacial score (nSPS) is 14.4. The summed E-state index contributed by atoms with van der Waals surface area (Å²) in [5.74, 6) is -2.20. The summed E-state index contributed by atoms with van der Waals surface area (Å²) < 4.78 is 11.4. The number of nitrogens with two attached hydrogens (primary N) is 1. The Morgan fingerprint density at radius 1 is 1.19 bits per heavy atom. The maximum atomic E-state index is 11.9. The van der Waals surface area contributed by atoms with E-state index in [9.17, 15) is 23.9 Å². The number of aliphatic carboxylic acids is 1. The minimum absolute atomic E-state index is 0.0561. The molecule has 1 aromatic carbocycles. The molecule has 1 rings (SSSR count). The van der Waals surface area contributed by atoms with E-state index in [0.29, 0.717) is 6.42 Å². The van der Waals surface area contributed by atoms with Crippen LogP contribution >= 0.6 is 7.60 Å². The van der Waals surface area contributed by atoms with E-state index in [4.69, 9.17) is 10.8 Å². The summed E-state index contributed by atoms with van der Waals surface area (Å²) in [6, 6.07) is 7.48. The third-order valence-corrected chi connectivity index (χ3v) is 4.42. The number of aryl methyl sites for hydroxylation is 1. The van der Waals surface area contributed by atoms with Gasteiger partial charge >= 0.3 is 13.6 Å². The van der Waals surface area contributed by atoms with Crippen LogP contribution < -0.4 is 5.73 Å². The number of carboxylic acids is 1. The van der Waals surface area contributed by atoms with E-state index in [0.717, 1.165) is 5.56 Å². The molecule has 0 heterocycles. The Balaban J connectivity index is 2.75. The van der Waals surface area contributed by atoms with Gasteiger partial charge in [-0.15, -0.1) is 0 Å². The van der Waals surface area contributed by atoms with Crippen molar-refractivity contribution in [2.45, 2.75) is 31.0 Å². The highest BCUT2D eigenvalue weighted by atomic mass is 31.2. The third-order valence-electron chi connectivity index (χ3n) is 3.07. The molecule has 0 radical (unpaired) electrons. The topological polar surface area (TPSA) is 138 Å². The molecule has 0 amide bonds. The lowest BCUT2D eigenvalue weighted by Crippen LogP contribution is -2.36. The summed E-state index contributed by atoms with van der Waals surface area (Å²) in [5.41, 5.74) is 4.55. The van der Waals surface area contributed by atoms with Crippen molar-refractivity contribution in [3.05, 3.63) is 35.9 Å². The predicted octanol–water partition coefficient (Wildman–Crippen LogP) is 0.537. The molecular weight excluding hydrogens is 297 g/mol. The number of rotatable bonds is 8. The van der Waals surface area contributed by atoms with Crippen LogP contribution in [0.1, 0.15) is 18.4 Å². The second-order valence-corrected chi connectivity index (χ2v) is 6.55. The average Bonchev–Trinajstić information content (AvgIpc) is 2.38. The van der Waals surface area contributed by atoms with Gasteiger partial charge in [0, 0.05) is 6.42 Å². The summed E-state index contributed by atoms with van der Waals surface area (Å²) in [7, 11) is -4.65. The van der Waals surface area contributed by atoms with Crippen molar-refractivity contribution in [2.75, 3.05) is 0 Å². The number of Topliss-reactive ketones (excluding diaryl/α,β-unsaturated/α-hetero) is 1. The summed E-state index contributed by atoms with van der Waals surface area (Å²) >= 11 is 0. The fourth-order valence-corrected chi connectivity index (χ4v) is 2.85. The van der Waals surface area contributed by atoms with Crippen molar-refractivity contribution in [1.29, 1.82) is 0 Å². The quantitative estimate of drug-likeness (QED) is 0.513. The molecule has 0 bridgehead atoms. The van der Waals surface area contributed by atoms with Crippen molar-refractivity contribution in [2.24, 2.45) is 5.73 Å². The molecule has 5 N–H and O–H groups in total. The van der Waals surface area contributed by atoms with Crippen LogP contribution in [-0.2, 0) is 20.6 Å². The Hall–Kier alpha value is -1.53. The number of hydrogen-bond acceptors (Lipinski definition) is 4. The van der Waals surface area contributed by atoms with Gasteiger partial charge in [0.2, 0.25) is 0 Å². The lowest BCUT2D eigenvalue weighted by Gasteiger charge is -2.18. The number of carbonyl (C=O) groups excluding carboxylic acids is 1. The molecule has 8 heteroatoms. The van der Waals surface area contributed by atoms with E-state index in [1.165, 1.54) is 0 Å². The standard InChI is InChI=1S/C13H18NO6P/c14-10(13(16)17)8-11(15)12(21(18,19)20)7-6-9-4-2-1-3-5-9/h1-5,10,12H,6-8,14H2,(H,16,17)(H2,18,19,20)/t10-,12?/m0/s1.